The summed E-state index contributed by atoms with van der Waals surface area (Å²) < 4.78 is 0. The van der Waals surface area contributed by atoms with E-state index in [1.54, 1.807) is 0 Å². The molecule has 1 atom stereocenters. The molecule has 1 N–H and O–H groups in total. The van der Waals surface area contributed by atoms with Crippen molar-refractivity contribution >= 4 is 0 Å². The van der Waals surface area contributed by atoms with E-state index in [4.69, 9.17) is 0 Å². The number of nitrogens with zero attached hydrogens (tertiary/aromatic N) is 1. The van der Waals surface area contributed by atoms with Crippen LogP contribution in [0.4, 0.5) is 0 Å². The van der Waals surface area contributed by atoms with Crippen molar-refractivity contribution < 1.29 is 0 Å². The zero-order valence-electron chi connectivity index (χ0n) is 11.2. The molecule has 1 heterocycles. The minimum atomic E-state index is 0.363. The van der Waals surface area contributed by atoms with Crippen LogP contribution in [0.25, 0.3) is 0 Å². The normalized spacial score (nSPS) is 23.9. The highest BCUT2D eigenvalue weighted by Crippen LogP contribution is 2.29. The fraction of sp³-hybridized carbons (Fsp3) is 0.600. The predicted molar refractivity (Wildman–Crippen MR) is 73.0 cm³/mol. The second-order valence-corrected chi connectivity index (χ2v) is 5.87. The largest absolute Gasteiger partial charge is 0.316 e. The zero-order chi connectivity index (χ0) is 12.3. The fourth-order valence-electron chi connectivity index (χ4n) is 2.96. The van der Waals surface area contributed by atoms with Crippen molar-refractivity contribution in [3.63, 3.8) is 0 Å². The van der Waals surface area contributed by atoms with E-state index in [0.29, 0.717) is 11.5 Å². The molecule has 2 nitrogen and oxygen atoms in total. The van der Waals surface area contributed by atoms with Gasteiger partial charge in [0.2, 0.25) is 0 Å². The summed E-state index contributed by atoms with van der Waals surface area (Å²) in [6.07, 6.45) is 1.25. The van der Waals surface area contributed by atoms with Gasteiger partial charge in [0, 0.05) is 19.1 Å². The molecule has 1 fully saturated rings. The van der Waals surface area contributed by atoms with E-state index in [1.165, 1.54) is 12.0 Å². The minimum Gasteiger partial charge on any atom is -0.316 e. The molecule has 0 aliphatic carbocycles. The van der Waals surface area contributed by atoms with Gasteiger partial charge < -0.3 is 5.32 Å². The van der Waals surface area contributed by atoms with Crippen LogP contribution in [-0.2, 0) is 6.54 Å². The Hall–Kier alpha value is -0.860. The van der Waals surface area contributed by atoms with E-state index in [-0.39, 0.29) is 0 Å². The molecule has 0 spiro atoms. The first kappa shape index (κ1) is 12.6. The molecule has 17 heavy (non-hydrogen) atoms. The summed E-state index contributed by atoms with van der Waals surface area (Å²) in [5, 5.41) is 3.50. The molecule has 0 bridgehead atoms. The Kier molecular flexibility index (Phi) is 3.85. The van der Waals surface area contributed by atoms with Gasteiger partial charge in [-0.1, -0.05) is 44.2 Å². The lowest BCUT2D eigenvalue weighted by Gasteiger charge is -2.44. The second kappa shape index (κ2) is 5.19. The highest BCUT2D eigenvalue weighted by molar-refractivity contribution is 5.14. The van der Waals surface area contributed by atoms with Gasteiger partial charge in [0.1, 0.15) is 0 Å². The molecule has 2 rings (SSSR count). The predicted octanol–water partition coefficient (Wildman–Crippen LogP) is 2.51. The highest BCUT2D eigenvalue weighted by Gasteiger charge is 2.34. The van der Waals surface area contributed by atoms with Crippen molar-refractivity contribution in [1.82, 2.24) is 10.2 Å². The topological polar surface area (TPSA) is 15.3 Å². The maximum atomic E-state index is 3.50. The number of nitrogens with one attached hydrogen (secondary N) is 1. The Balaban J connectivity index is 2.02. The Bertz CT molecular complexity index is 345. The van der Waals surface area contributed by atoms with E-state index in [1.807, 2.05) is 0 Å². The molecule has 1 aromatic carbocycles. The Morgan fingerprint density at radius 2 is 2.00 bits per heavy atom. The molecule has 1 unspecified atom stereocenters. The number of benzene rings is 1. The number of rotatable bonds is 3. The zero-order valence-corrected chi connectivity index (χ0v) is 11.2. The fourth-order valence-corrected chi connectivity index (χ4v) is 2.96. The highest BCUT2D eigenvalue weighted by atomic mass is 15.2. The molecule has 2 heteroatoms. The van der Waals surface area contributed by atoms with Crippen LogP contribution < -0.4 is 5.32 Å². The van der Waals surface area contributed by atoms with Crippen LogP contribution in [0.5, 0.6) is 0 Å². The van der Waals surface area contributed by atoms with Gasteiger partial charge in [-0.2, -0.15) is 0 Å². The third-order valence-corrected chi connectivity index (χ3v) is 3.88. The van der Waals surface area contributed by atoms with Crippen LogP contribution in [0, 0.1) is 5.41 Å². The average Bonchev–Trinajstić information content (AvgIpc) is 2.29. The van der Waals surface area contributed by atoms with Crippen molar-refractivity contribution in [2.24, 2.45) is 5.41 Å². The quantitative estimate of drug-likeness (QED) is 0.861. The third kappa shape index (κ3) is 3.08. The van der Waals surface area contributed by atoms with Gasteiger partial charge in [-0.15, -0.1) is 0 Å². The van der Waals surface area contributed by atoms with Crippen LogP contribution in [0.1, 0.15) is 25.8 Å². The lowest BCUT2D eigenvalue weighted by molar-refractivity contribution is 0.0745. The summed E-state index contributed by atoms with van der Waals surface area (Å²) in [7, 11) is 2.25. The van der Waals surface area contributed by atoms with Gasteiger partial charge in [0.05, 0.1) is 0 Å². The monoisotopic (exact) mass is 232 g/mol. The smallest absolute Gasteiger partial charge is 0.0233 e. The molecule has 1 aliphatic rings. The molecule has 0 aromatic heterocycles. The molecule has 94 valence electrons. The van der Waals surface area contributed by atoms with E-state index in [2.05, 4.69) is 61.4 Å². The van der Waals surface area contributed by atoms with Crippen molar-refractivity contribution in [3.05, 3.63) is 35.9 Å². The van der Waals surface area contributed by atoms with Crippen LogP contribution in [0.2, 0.25) is 0 Å². The molecular formula is C15H24N2. The van der Waals surface area contributed by atoms with Gasteiger partial charge in [-0.05, 0) is 31.0 Å². The van der Waals surface area contributed by atoms with Crippen LogP contribution in [0.15, 0.2) is 30.3 Å². The van der Waals surface area contributed by atoms with E-state index >= 15 is 0 Å². The SMILES string of the molecule is CN(Cc1ccccc1)C1CCNCC1(C)C. The molecule has 1 saturated heterocycles. The number of hydrogen-bond acceptors (Lipinski definition) is 2. The Morgan fingerprint density at radius 1 is 1.29 bits per heavy atom. The molecule has 0 amide bonds. The van der Waals surface area contributed by atoms with E-state index in [9.17, 15) is 0 Å². The molecule has 0 saturated carbocycles. The number of piperidine rings is 1. The van der Waals surface area contributed by atoms with Crippen molar-refractivity contribution in [2.75, 3.05) is 20.1 Å². The summed E-state index contributed by atoms with van der Waals surface area (Å²) in [6.45, 7) is 8.05. The van der Waals surface area contributed by atoms with E-state index < -0.39 is 0 Å². The Morgan fingerprint density at radius 3 is 2.65 bits per heavy atom. The lowest BCUT2D eigenvalue weighted by atomic mass is 9.79. The van der Waals surface area contributed by atoms with Gasteiger partial charge in [-0.25, -0.2) is 0 Å². The molecule has 1 aromatic rings. The maximum Gasteiger partial charge on any atom is 0.0233 e. The van der Waals surface area contributed by atoms with Gasteiger partial charge in [0.25, 0.3) is 0 Å². The molecule has 0 radical (unpaired) electrons. The summed E-state index contributed by atoms with van der Waals surface area (Å²) in [5.41, 5.74) is 1.77. The third-order valence-electron chi connectivity index (χ3n) is 3.88. The summed E-state index contributed by atoms with van der Waals surface area (Å²) in [5.74, 6) is 0. The first-order chi connectivity index (χ1) is 8.09. The lowest BCUT2D eigenvalue weighted by Crippen LogP contribution is -2.53. The van der Waals surface area contributed by atoms with E-state index in [0.717, 1.165) is 19.6 Å². The first-order valence-corrected chi connectivity index (χ1v) is 6.54. The van der Waals surface area contributed by atoms with Crippen LogP contribution >= 0.6 is 0 Å². The molecule has 1 aliphatic heterocycles. The van der Waals surface area contributed by atoms with Crippen molar-refractivity contribution in [3.8, 4) is 0 Å². The van der Waals surface area contributed by atoms with Gasteiger partial charge >= 0.3 is 0 Å². The number of hydrogen-bond donors (Lipinski definition) is 1. The Labute approximate surface area is 105 Å². The summed E-state index contributed by atoms with van der Waals surface area (Å²) in [6, 6.07) is 11.4. The minimum absolute atomic E-state index is 0.363. The first-order valence-electron chi connectivity index (χ1n) is 6.54. The van der Waals surface area contributed by atoms with Gasteiger partial charge in [-0.3, -0.25) is 4.90 Å². The second-order valence-electron chi connectivity index (χ2n) is 5.87. The summed E-state index contributed by atoms with van der Waals surface area (Å²) >= 11 is 0. The van der Waals surface area contributed by atoms with Gasteiger partial charge in [0.15, 0.2) is 0 Å². The van der Waals surface area contributed by atoms with Crippen molar-refractivity contribution in [2.45, 2.75) is 32.9 Å². The summed E-state index contributed by atoms with van der Waals surface area (Å²) in [4.78, 5) is 2.51. The van der Waals surface area contributed by atoms with Crippen LogP contribution in [0.3, 0.4) is 0 Å². The standard InChI is InChI=1S/C15H24N2/c1-15(2)12-16-10-9-14(15)17(3)11-13-7-5-4-6-8-13/h4-8,14,16H,9-12H2,1-3H3. The van der Waals surface area contributed by atoms with Crippen molar-refractivity contribution in [1.29, 1.82) is 0 Å². The average molecular weight is 232 g/mol. The molecular weight excluding hydrogens is 208 g/mol. The van der Waals surface area contributed by atoms with Crippen LogP contribution in [-0.4, -0.2) is 31.1 Å². The maximum absolute atomic E-state index is 3.50.